The number of anilines is 1. The standard InChI is InChI=1S/C20H24N2O5/c1-13-8-14(2)11-21(10-13)19(25)12-27-20(26)15-4-3-5-16(9-15)22-17(23)6-7-18(22)24/h3-5,9,13-14H,6-8,10-12H2,1-2H3/t13-,14-/m0/s1. The van der Waals surface area contributed by atoms with Crippen molar-refractivity contribution in [1.82, 2.24) is 4.90 Å². The van der Waals surface area contributed by atoms with Crippen molar-refractivity contribution >= 4 is 29.4 Å². The molecular formula is C20H24N2O5. The van der Waals surface area contributed by atoms with E-state index in [1.54, 1.807) is 17.0 Å². The molecule has 3 rings (SSSR count). The lowest BCUT2D eigenvalue weighted by atomic mass is 9.92. The minimum atomic E-state index is -0.651. The van der Waals surface area contributed by atoms with Gasteiger partial charge in [-0.3, -0.25) is 19.3 Å². The van der Waals surface area contributed by atoms with Gasteiger partial charge in [0.15, 0.2) is 6.61 Å². The molecule has 0 radical (unpaired) electrons. The van der Waals surface area contributed by atoms with Gasteiger partial charge in [-0.1, -0.05) is 19.9 Å². The van der Waals surface area contributed by atoms with Crippen LogP contribution in [-0.2, 0) is 19.1 Å². The van der Waals surface area contributed by atoms with E-state index in [1.165, 1.54) is 12.1 Å². The molecule has 0 saturated carbocycles. The van der Waals surface area contributed by atoms with Crippen molar-refractivity contribution in [2.45, 2.75) is 33.1 Å². The Bertz CT molecular complexity index is 749. The van der Waals surface area contributed by atoms with Crippen molar-refractivity contribution in [2.75, 3.05) is 24.6 Å². The first kappa shape index (κ1) is 19.1. The highest BCUT2D eigenvalue weighted by molar-refractivity contribution is 6.20. The zero-order chi connectivity index (χ0) is 19.6. The van der Waals surface area contributed by atoms with Gasteiger partial charge in [-0.05, 0) is 36.5 Å². The Balaban J connectivity index is 1.61. The number of likely N-dealkylation sites (tertiary alicyclic amines) is 1. The van der Waals surface area contributed by atoms with Gasteiger partial charge in [0.05, 0.1) is 11.3 Å². The van der Waals surface area contributed by atoms with Crippen LogP contribution in [0.2, 0.25) is 0 Å². The molecular weight excluding hydrogens is 348 g/mol. The van der Waals surface area contributed by atoms with E-state index in [4.69, 9.17) is 4.74 Å². The maximum Gasteiger partial charge on any atom is 0.338 e. The zero-order valence-electron chi connectivity index (χ0n) is 15.6. The number of benzene rings is 1. The maximum atomic E-state index is 12.3. The summed E-state index contributed by atoms with van der Waals surface area (Å²) in [7, 11) is 0. The third kappa shape index (κ3) is 4.35. The number of ether oxygens (including phenoxy) is 1. The summed E-state index contributed by atoms with van der Waals surface area (Å²) in [5.74, 6) is -0.561. The number of rotatable bonds is 4. The Labute approximate surface area is 158 Å². The molecule has 1 aromatic rings. The van der Waals surface area contributed by atoms with Gasteiger partial charge < -0.3 is 9.64 Å². The first-order valence-electron chi connectivity index (χ1n) is 9.26. The SMILES string of the molecule is C[C@H]1C[C@H](C)CN(C(=O)COC(=O)c2cccc(N3C(=O)CCC3=O)c2)C1. The second-order valence-electron chi connectivity index (χ2n) is 7.49. The lowest BCUT2D eigenvalue weighted by Gasteiger charge is -2.34. The normalized spacial score (nSPS) is 22.9. The highest BCUT2D eigenvalue weighted by Crippen LogP contribution is 2.24. The number of amides is 3. The highest BCUT2D eigenvalue weighted by atomic mass is 16.5. The van der Waals surface area contributed by atoms with Crippen LogP contribution in [0, 0.1) is 11.8 Å². The molecule has 0 unspecified atom stereocenters. The summed E-state index contributed by atoms with van der Waals surface area (Å²) in [6.45, 7) is 5.25. The van der Waals surface area contributed by atoms with E-state index in [0.29, 0.717) is 30.6 Å². The summed E-state index contributed by atoms with van der Waals surface area (Å²) in [6, 6.07) is 6.16. The largest absolute Gasteiger partial charge is 0.452 e. The molecule has 7 nitrogen and oxygen atoms in total. The molecule has 2 atom stereocenters. The molecule has 2 fully saturated rings. The number of piperidine rings is 1. The Morgan fingerprint density at radius 1 is 1.07 bits per heavy atom. The van der Waals surface area contributed by atoms with Crippen LogP contribution in [0.4, 0.5) is 5.69 Å². The number of hydrogen-bond donors (Lipinski definition) is 0. The first-order chi connectivity index (χ1) is 12.8. The first-order valence-corrected chi connectivity index (χ1v) is 9.26. The number of esters is 1. The van der Waals surface area contributed by atoms with Crippen molar-refractivity contribution in [3.05, 3.63) is 29.8 Å². The molecule has 2 aliphatic heterocycles. The Hall–Kier alpha value is -2.70. The average molecular weight is 372 g/mol. The van der Waals surface area contributed by atoms with Gasteiger partial charge in [-0.15, -0.1) is 0 Å². The molecule has 0 spiro atoms. The minimum Gasteiger partial charge on any atom is -0.452 e. The summed E-state index contributed by atoms with van der Waals surface area (Å²) >= 11 is 0. The fourth-order valence-electron chi connectivity index (χ4n) is 3.80. The summed E-state index contributed by atoms with van der Waals surface area (Å²) < 4.78 is 5.17. The predicted molar refractivity (Wildman–Crippen MR) is 98.0 cm³/mol. The zero-order valence-corrected chi connectivity index (χ0v) is 15.6. The molecule has 2 heterocycles. The quantitative estimate of drug-likeness (QED) is 0.596. The van der Waals surface area contributed by atoms with Gasteiger partial charge in [-0.25, -0.2) is 4.79 Å². The van der Waals surface area contributed by atoms with E-state index >= 15 is 0 Å². The monoisotopic (exact) mass is 372 g/mol. The lowest BCUT2D eigenvalue weighted by molar-refractivity contribution is -0.137. The summed E-state index contributed by atoms with van der Waals surface area (Å²) in [5.41, 5.74) is 0.551. The van der Waals surface area contributed by atoms with Gasteiger partial charge in [0.2, 0.25) is 11.8 Å². The van der Waals surface area contributed by atoms with Gasteiger partial charge in [0.1, 0.15) is 0 Å². The molecule has 0 aromatic heterocycles. The smallest absolute Gasteiger partial charge is 0.338 e. The minimum absolute atomic E-state index is 0.175. The molecule has 3 amide bonds. The van der Waals surface area contributed by atoms with Crippen LogP contribution in [0.15, 0.2) is 24.3 Å². The molecule has 144 valence electrons. The Morgan fingerprint density at radius 3 is 2.33 bits per heavy atom. The molecule has 2 saturated heterocycles. The van der Waals surface area contributed by atoms with Crippen LogP contribution in [0.3, 0.4) is 0 Å². The van der Waals surface area contributed by atoms with Crippen molar-refractivity contribution < 1.29 is 23.9 Å². The van der Waals surface area contributed by atoms with E-state index in [2.05, 4.69) is 13.8 Å². The second kappa shape index (κ2) is 7.90. The molecule has 0 bridgehead atoms. The average Bonchev–Trinajstić information content (AvgIpc) is 2.97. The van der Waals surface area contributed by atoms with Crippen LogP contribution in [0.5, 0.6) is 0 Å². The predicted octanol–water partition coefficient (Wildman–Crippen LogP) is 2.00. The number of carbonyl (C=O) groups is 4. The Morgan fingerprint density at radius 2 is 1.70 bits per heavy atom. The molecule has 27 heavy (non-hydrogen) atoms. The number of carbonyl (C=O) groups excluding carboxylic acids is 4. The topological polar surface area (TPSA) is 84.0 Å². The maximum absolute atomic E-state index is 12.3. The molecule has 2 aliphatic rings. The van der Waals surface area contributed by atoms with E-state index in [1.807, 2.05) is 0 Å². The van der Waals surface area contributed by atoms with Crippen molar-refractivity contribution in [2.24, 2.45) is 11.8 Å². The molecule has 7 heteroatoms. The van der Waals surface area contributed by atoms with Crippen molar-refractivity contribution in [3.8, 4) is 0 Å². The van der Waals surface area contributed by atoms with E-state index in [-0.39, 0.29) is 42.7 Å². The lowest BCUT2D eigenvalue weighted by Crippen LogP contribution is -2.44. The summed E-state index contributed by atoms with van der Waals surface area (Å²) in [5, 5.41) is 0. The second-order valence-corrected chi connectivity index (χ2v) is 7.49. The van der Waals surface area contributed by atoms with E-state index in [0.717, 1.165) is 11.3 Å². The van der Waals surface area contributed by atoms with Crippen LogP contribution in [0.1, 0.15) is 43.5 Å². The fourth-order valence-corrected chi connectivity index (χ4v) is 3.80. The van der Waals surface area contributed by atoms with Gasteiger partial charge >= 0.3 is 5.97 Å². The van der Waals surface area contributed by atoms with Crippen molar-refractivity contribution in [3.63, 3.8) is 0 Å². The van der Waals surface area contributed by atoms with Gasteiger partial charge in [-0.2, -0.15) is 0 Å². The number of hydrogen-bond acceptors (Lipinski definition) is 5. The molecule has 1 aromatic carbocycles. The summed E-state index contributed by atoms with van der Waals surface area (Å²) in [4.78, 5) is 51.2. The van der Waals surface area contributed by atoms with Gasteiger partial charge in [0.25, 0.3) is 5.91 Å². The van der Waals surface area contributed by atoms with Crippen LogP contribution in [0.25, 0.3) is 0 Å². The van der Waals surface area contributed by atoms with Crippen LogP contribution in [-0.4, -0.2) is 48.3 Å². The van der Waals surface area contributed by atoms with Crippen molar-refractivity contribution in [1.29, 1.82) is 0 Å². The van der Waals surface area contributed by atoms with Crippen LogP contribution < -0.4 is 4.90 Å². The molecule has 0 aliphatic carbocycles. The highest BCUT2D eigenvalue weighted by Gasteiger charge is 2.31. The van der Waals surface area contributed by atoms with Gasteiger partial charge in [0, 0.05) is 25.9 Å². The van der Waals surface area contributed by atoms with E-state index < -0.39 is 5.97 Å². The van der Waals surface area contributed by atoms with Crippen LogP contribution >= 0.6 is 0 Å². The summed E-state index contributed by atoms with van der Waals surface area (Å²) in [6.07, 6.45) is 1.44. The van der Waals surface area contributed by atoms with E-state index in [9.17, 15) is 19.2 Å². The number of nitrogens with zero attached hydrogens (tertiary/aromatic N) is 2. The third-order valence-electron chi connectivity index (χ3n) is 4.94. The third-order valence-corrected chi connectivity index (χ3v) is 4.94. The molecule has 0 N–H and O–H groups in total. The number of imide groups is 1. The fraction of sp³-hybridized carbons (Fsp3) is 0.500. The Kier molecular flexibility index (Phi) is 5.58.